The lowest BCUT2D eigenvalue weighted by atomic mass is 9.48. The quantitative estimate of drug-likeness (QED) is 0.192. The Morgan fingerprint density at radius 3 is 2.08 bits per heavy atom. The summed E-state index contributed by atoms with van der Waals surface area (Å²) in [4.78, 5) is 45.1. The highest BCUT2D eigenvalue weighted by Crippen LogP contribution is 2.58. The van der Waals surface area contributed by atoms with E-state index in [0.717, 1.165) is 55.8 Å². The summed E-state index contributed by atoms with van der Waals surface area (Å²) in [5.74, 6) is 0.286. The Hall–Kier alpha value is -4.90. The number of hydrogen-bond donors (Lipinski definition) is 2. The largest absolute Gasteiger partial charge is 0.496 e. The number of carbonyl (C=O) groups excluding carboxylic acids is 2. The number of benzene rings is 3. The van der Waals surface area contributed by atoms with Crippen molar-refractivity contribution in [3.63, 3.8) is 0 Å². The molecule has 51 heavy (non-hydrogen) atoms. The minimum atomic E-state index is -1.33. The van der Waals surface area contributed by atoms with Crippen LogP contribution in [0.2, 0.25) is 0 Å². The van der Waals surface area contributed by atoms with Gasteiger partial charge in [0.15, 0.2) is 5.69 Å². The molecule has 3 aromatic carbocycles. The van der Waals surface area contributed by atoms with Gasteiger partial charge in [0.1, 0.15) is 17.0 Å². The first-order chi connectivity index (χ1) is 24.5. The van der Waals surface area contributed by atoms with Gasteiger partial charge in [0, 0.05) is 24.5 Å². The van der Waals surface area contributed by atoms with Gasteiger partial charge in [-0.1, -0.05) is 30.3 Å². The number of rotatable bonds is 12. The van der Waals surface area contributed by atoms with Crippen LogP contribution in [0.1, 0.15) is 59.4 Å². The van der Waals surface area contributed by atoms with E-state index in [1.54, 1.807) is 35.9 Å². The summed E-state index contributed by atoms with van der Waals surface area (Å²) in [6.45, 7) is 1.49. The third-order valence-electron chi connectivity index (χ3n) is 11.5. The van der Waals surface area contributed by atoms with E-state index >= 15 is 0 Å². The predicted molar refractivity (Wildman–Crippen MR) is 195 cm³/mol. The van der Waals surface area contributed by atoms with Gasteiger partial charge in [0.05, 0.1) is 31.2 Å². The second-order valence-corrected chi connectivity index (χ2v) is 14.9. The van der Waals surface area contributed by atoms with Crippen molar-refractivity contribution in [1.82, 2.24) is 24.9 Å². The molecule has 4 aromatic rings. The molecule has 0 aliphatic heterocycles. The number of carbonyl (C=O) groups is 3. The molecule has 4 aliphatic rings. The monoisotopic (exact) mass is 693 g/mol. The maximum Gasteiger partial charge on any atom is 0.330 e. The lowest BCUT2D eigenvalue weighted by molar-refractivity contribution is -0.163. The second-order valence-electron chi connectivity index (χ2n) is 14.9. The number of fused-ring (bicyclic) bond motifs is 1. The highest BCUT2D eigenvalue weighted by Gasteiger charge is 2.62. The summed E-state index contributed by atoms with van der Waals surface area (Å²) in [7, 11) is 8.99. The fraction of sp³-hybridized carbons (Fsp3) is 0.450. The molecule has 0 unspecified atom stereocenters. The number of nitrogens with zero attached hydrogens (tertiary/aromatic N) is 4. The molecule has 4 aliphatic carbocycles. The van der Waals surface area contributed by atoms with Crippen LogP contribution in [0.5, 0.6) is 11.5 Å². The van der Waals surface area contributed by atoms with Crippen molar-refractivity contribution in [3.8, 4) is 28.4 Å². The summed E-state index contributed by atoms with van der Waals surface area (Å²) in [6, 6.07) is 18.4. The minimum absolute atomic E-state index is 0.0808. The number of hydrogen-bond acceptors (Lipinski definition) is 7. The summed E-state index contributed by atoms with van der Waals surface area (Å²) in [6.07, 6.45) is 5.29. The van der Waals surface area contributed by atoms with Crippen molar-refractivity contribution in [1.29, 1.82) is 0 Å². The van der Waals surface area contributed by atoms with Gasteiger partial charge in [0.2, 0.25) is 0 Å². The van der Waals surface area contributed by atoms with Crippen LogP contribution in [-0.4, -0.2) is 96.5 Å². The molecule has 2 N–H and O–H groups in total. The van der Waals surface area contributed by atoms with Crippen LogP contribution in [-0.2, 0) is 4.79 Å². The lowest BCUT2D eigenvalue weighted by Gasteiger charge is -2.59. The topological polar surface area (TPSA) is 126 Å². The van der Waals surface area contributed by atoms with Crippen LogP contribution >= 0.6 is 0 Å². The van der Waals surface area contributed by atoms with Gasteiger partial charge in [-0.2, -0.15) is 5.10 Å². The van der Waals surface area contributed by atoms with Gasteiger partial charge in [-0.3, -0.25) is 9.59 Å². The number of methoxy groups -OCH3 is 2. The van der Waals surface area contributed by atoms with Gasteiger partial charge in [-0.15, -0.1) is 0 Å². The maximum atomic E-state index is 14.3. The zero-order chi connectivity index (χ0) is 36.0. The molecular formula is C40H47N5O6. The van der Waals surface area contributed by atoms with Crippen molar-refractivity contribution in [2.75, 3.05) is 48.5 Å². The first kappa shape index (κ1) is 34.5. The van der Waals surface area contributed by atoms with E-state index in [-0.39, 0.29) is 23.4 Å². The summed E-state index contributed by atoms with van der Waals surface area (Å²) < 4.78 is 13.3. The highest BCUT2D eigenvalue weighted by atomic mass is 16.5. The molecule has 8 rings (SSSR count). The molecule has 4 bridgehead atoms. The first-order valence-corrected chi connectivity index (χ1v) is 17.8. The van der Waals surface area contributed by atoms with E-state index in [9.17, 15) is 19.5 Å². The van der Waals surface area contributed by atoms with Crippen molar-refractivity contribution >= 4 is 28.6 Å². The van der Waals surface area contributed by atoms with E-state index in [2.05, 4.69) is 10.2 Å². The Morgan fingerprint density at radius 1 is 0.863 bits per heavy atom. The van der Waals surface area contributed by atoms with Gasteiger partial charge < -0.3 is 29.7 Å². The molecule has 4 fully saturated rings. The third kappa shape index (κ3) is 6.01. The molecule has 11 heteroatoms. The molecular weight excluding hydrogens is 646 g/mol. The summed E-state index contributed by atoms with van der Waals surface area (Å²) in [5, 5.41) is 20.2. The number of aliphatic carboxylic acids is 1. The predicted octanol–water partition coefficient (Wildman–Crippen LogP) is 5.74. The highest BCUT2D eigenvalue weighted by molar-refractivity contribution is 6.09. The number of amides is 2. The number of nitrogens with one attached hydrogen (secondary N) is 1. The van der Waals surface area contributed by atoms with Crippen molar-refractivity contribution in [2.45, 2.75) is 44.1 Å². The Labute approximate surface area is 298 Å². The summed E-state index contributed by atoms with van der Waals surface area (Å²) in [5.41, 5.74) is 1.06. The first-order valence-electron chi connectivity index (χ1n) is 17.8. The molecule has 268 valence electrons. The fourth-order valence-electron chi connectivity index (χ4n) is 9.33. The average Bonchev–Trinajstić information content (AvgIpc) is 3.56. The van der Waals surface area contributed by atoms with Crippen molar-refractivity contribution in [2.24, 2.45) is 23.7 Å². The van der Waals surface area contributed by atoms with Crippen LogP contribution in [0.3, 0.4) is 0 Å². The number of carboxylic acid groups (broad SMARTS) is 1. The van der Waals surface area contributed by atoms with E-state index in [0.29, 0.717) is 52.4 Å². The molecule has 11 nitrogen and oxygen atoms in total. The normalized spacial score (nSPS) is 23.4. The molecule has 0 spiro atoms. The maximum absolute atomic E-state index is 14.3. The second kappa shape index (κ2) is 13.7. The zero-order valence-electron chi connectivity index (χ0n) is 30.0. The van der Waals surface area contributed by atoms with Crippen LogP contribution < -0.4 is 14.8 Å². The molecule has 1 heterocycles. The average molecular weight is 694 g/mol. The molecule has 0 saturated heterocycles. The molecule has 1 aromatic heterocycles. The van der Waals surface area contributed by atoms with Gasteiger partial charge in [-0.05, 0) is 119 Å². The molecule has 4 saturated carbocycles. The molecule has 0 atom stereocenters. The van der Waals surface area contributed by atoms with Crippen LogP contribution in [0.25, 0.3) is 27.7 Å². The SMILES string of the molecule is COc1cccc(OC)c1-c1cc(C(=O)NC2(C(=O)O)C3CC4CC(C3)CC2C4)nn1-c1ccc(C(=O)N(C)CCCN(C)C)c2ccccc12. The third-order valence-corrected chi connectivity index (χ3v) is 11.5. The van der Waals surface area contributed by atoms with Gasteiger partial charge in [-0.25, -0.2) is 9.48 Å². The van der Waals surface area contributed by atoms with Gasteiger partial charge in [0.25, 0.3) is 11.8 Å². The Bertz CT molecular complexity index is 1930. The lowest BCUT2D eigenvalue weighted by Crippen LogP contribution is -2.70. The van der Waals surface area contributed by atoms with E-state index in [4.69, 9.17) is 14.6 Å². The van der Waals surface area contributed by atoms with E-state index in [1.165, 1.54) is 0 Å². The number of aromatic nitrogens is 2. The Morgan fingerprint density at radius 2 is 1.49 bits per heavy atom. The number of carboxylic acids is 1. The van der Waals surface area contributed by atoms with Crippen LogP contribution in [0, 0.1) is 23.7 Å². The molecule has 2 amide bonds. The van der Waals surface area contributed by atoms with E-state index in [1.807, 2.05) is 69.7 Å². The van der Waals surface area contributed by atoms with Crippen molar-refractivity contribution in [3.05, 3.63) is 71.9 Å². The fourth-order valence-corrected chi connectivity index (χ4v) is 9.33. The smallest absolute Gasteiger partial charge is 0.330 e. The van der Waals surface area contributed by atoms with Crippen LogP contribution in [0.4, 0.5) is 0 Å². The minimum Gasteiger partial charge on any atom is -0.496 e. The van der Waals surface area contributed by atoms with Gasteiger partial charge >= 0.3 is 5.97 Å². The van der Waals surface area contributed by atoms with Crippen molar-refractivity contribution < 1.29 is 29.0 Å². The number of ether oxygens (including phenoxy) is 2. The standard InChI is InChI=1S/C40H47N5O6/c1-43(2)16-9-17-44(3)38(47)30-14-15-32(29-11-7-6-10-28(29)30)45-33(36-34(50-4)12-8-13-35(36)51-5)23-31(42-45)37(46)41-40(39(48)49)26-19-24-18-25(21-26)22-27(40)20-24/h6-8,10-15,23-27H,9,16-22H2,1-5H3,(H,41,46)(H,48,49). The Kier molecular flexibility index (Phi) is 9.26. The molecule has 0 radical (unpaired) electrons. The zero-order valence-corrected chi connectivity index (χ0v) is 30.0. The summed E-state index contributed by atoms with van der Waals surface area (Å²) >= 11 is 0. The van der Waals surface area contributed by atoms with Crippen LogP contribution in [0.15, 0.2) is 60.7 Å². The van der Waals surface area contributed by atoms with E-state index < -0.39 is 17.4 Å². The Balaban J connectivity index is 1.33.